The summed E-state index contributed by atoms with van der Waals surface area (Å²) in [5, 5.41) is 0. The van der Waals surface area contributed by atoms with Crippen LogP contribution in [-0.4, -0.2) is 6.10 Å². The highest BCUT2D eigenvalue weighted by Gasteiger charge is 2.35. The third kappa shape index (κ3) is 3.62. The maximum absolute atomic E-state index is 13.0. The monoisotopic (exact) mass is 273 g/mol. The standard InChI is InChI=1S/C14H18F3NO/c15-14(16,17)12-8-10(9-18)6-7-13(12)19-11-4-2-1-3-5-11/h6-8,11H,1-5,9,18H2. The molecule has 0 radical (unpaired) electrons. The van der Waals surface area contributed by atoms with E-state index in [1.165, 1.54) is 6.07 Å². The minimum atomic E-state index is -4.41. The minimum absolute atomic E-state index is 0.0726. The molecule has 1 aromatic carbocycles. The highest BCUT2D eigenvalue weighted by atomic mass is 19.4. The zero-order chi connectivity index (χ0) is 13.9. The smallest absolute Gasteiger partial charge is 0.419 e. The van der Waals surface area contributed by atoms with Gasteiger partial charge in [-0.1, -0.05) is 12.5 Å². The van der Waals surface area contributed by atoms with Crippen LogP contribution in [-0.2, 0) is 12.7 Å². The Hall–Kier alpha value is -1.23. The molecule has 1 aromatic rings. The molecule has 0 unspecified atom stereocenters. The highest BCUT2D eigenvalue weighted by molar-refractivity contribution is 5.39. The zero-order valence-electron chi connectivity index (χ0n) is 10.7. The molecule has 0 atom stereocenters. The largest absolute Gasteiger partial charge is 0.490 e. The molecule has 1 aliphatic rings. The number of rotatable bonds is 3. The Morgan fingerprint density at radius 1 is 1.16 bits per heavy atom. The van der Waals surface area contributed by atoms with Crippen LogP contribution in [0.5, 0.6) is 5.75 Å². The van der Waals surface area contributed by atoms with Gasteiger partial charge in [-0.2, -0.15) is 13.2 Å². The van der Waals surface area contributed by atoms with Crippen molar-refractivity contribution in [2.75, 3.05) is 0 Å². The van der Waals surface area contributed by atoms with Gasteiger partial charge in [-0.3, -0.25) is 0 Å². The van der Waals surface area contributed by atoms with Crippen molar-refractivity contribution in [1.29, 1.82) is 0 Å². The molecule has 0 spiro atoms. The van der Waals surface area contributed by atoms with E-state index in [0.29, 0.717) is 5.56 Å². The Kier molecular flexibility index (Phi) is 4.34. The van der Waals surface area contributed by atoms with Crippen molar-refractivity contribution in [3.05, 3.63) is 29.3 Å². The van der Waals surface area contributed by atoms with Crippen LogP contribution < -0.4 is 10.5 Å². The lowest BCUT2D eigenvalue weighted by atomic mass is 9.97. The molecular weight excluding hydrogens is 255 g/mol. The summed E-state index contributed by atoms with van der Waals surface area (Å²) in [4.78, 5) is 0. The highest BCUT2D eigenvalue weighted by Crippen LogP contribution is 2.38. The summed E-state index contributed by atoms with van der Waals surface area (Å²) < 4.78 is 44.5. The predicted molar refractivity (Wildman–Crippen MR) is 66.8 cm³/mol. The van der Waals surface area contributed by atoms with E-state index < -0.39 is 11.7 Å². The number of alkyl halides is 3. The van der Waals surface area contributed by atoms with Gasteiger partial charge in [-0.15, -0.1) is 0 Å². The van der Waals surface area contributed by atoms with Gasteiger partial charge in [0, 0.05) is 6.54 Å². The van der Waals surface area contributed by atoms with Crippen molar-refractivity contribution >= 4 is 0 Å². The van der Waals surface area contributed by atoms with Crippen LogP contribution in [0, 0.1) is 0 Å². The molecule has 1 fully saturated rings. The fraction of sp³-hybridized carbons (Fsp3) is 0.571. The topological polar surface area (TPSA) is 35.2 Å². The van der Waals surface area contributed by atoms with Crippen molar-refractivity contribution in [2.45, 2.75) is 50.9 Å². The van der Waals surface area contributed by atoms with E-state index in [2.05, 4.69) is 0 Å². The Morgan fingerprint density at radius 2 is 1.84 bits per heavy atom. The molecule has 2 rings (SSSR count). The average molecular weight is 273 g/mol. The molecule has 0 bridgehead atoms. The number of nitrogens with two attached hydrogens (primary N) is 1. The van der Waals surface area contributed by atoms with Crippen LogP contribution in [0.3, 0.4) is 0 Å². The molecule has 0 saturated heterocycles. The second kappa shape index (κ2) is 5.82. The zero-order valence-corrected chi connectivity index (χ0v) is 10.7. The van der Waals surface area contributed by atoms with Crippen molar-refractivity contribution in [2.24, 2.45) is 5.73 Å². The number of halogens is 3. The van der Waals surface area contributed by atoms with Gasteiger partial charge in [0.2, 0.25) is 0 Å². The van der Waals surface area contributed by atoms with E-state index in [1.54, 1.807) is 6.07 Å². The Labute approximate surface area is 110 Å². The minimum Gasteiger partial charge on any atom is -0.490 e. The normalized spacial score (nSPS) is 17.5. The summed E-state index contributed by atoms with van der Waals surface area (Å²) >= 11 is 0. The molecule has 1 saturated carbocycles. The summed E-state index contributed by atoms with van der Waals surface area (Å²) in [6.07, 6.45) is 0.331. The van der Waals surface area contributed by atoms with Gasteiger partial charge >= 0.3 is 6.18 Å². The van der Waals surface area contributed by atoms with Gasteiger partial charge in [0.15, 0.2) is 0 Å². The van der Waals surface area contributed by atoms with E-state index in [-0.39, 0.29) is 18.4 Å². The second-order valence-corrected chi connectivity index (χ2v) is 4.91. The summed E-state index contributed by atoms with van der Waals surface area (Å²) in [7, 11) is 0. The maximum atomic E-state index is 13.0. The van der Waals surface area contributed by atoms with E-state index in [0.717, 1.165) is 38.2 Å². The lowest BCUT2D eigenvalue weighted by Gasteiger charge is -2.25. The van der Waals surface area contributed by atoms with Gasteiger partial charge in [0.05, 0.1) is 11.7 Å². The van der Waals surface area contributed by atoms with Crippen molar-refractivity contribution in [3.8, 4) is 5.75 Å². The van der Waals surface area contributed by atoms with Crippen LogP contribution >= 0.6 is 0 Å². The number of hydrogen-bond acceptors (Lipinski definition) is 2. The van der Waals surface area contributed by atoms with Gasteiger partial charge in [0.25, 0.3) is 0 Å². The second-order valence-electron chi connectivity index (χ2n) is 4.91. The van der Waals surface area contributed by atoms with Gasteiger partial charge in [0.1, 0.15) is 5.75 Å². The average Bonchev–Trinajstić information content (AvgIpc) is 2.39. The number of benzene rings is 1. The van der Waals surface area contributed by atoms with E-state index in [4.69, 9.17) is 10.5 Å². The summed E-state index contributed by atoms with van der Waals surface area (Å²) in [6.45, 7) is 0.0901. The molecule has 2 N–H and O–H groups in total. The summed E-state index contributed by atoms with van der Waals surface area (Å²) in [6, 6.07) is 4.06. The molecule has 106 valence electrons. The summed E-state index contributed by atoms with van der Waals surface area (Å²) in [5.74, 6) is -0.0726. The number of ether oxygens (including phenoxy) is 1. The van der Waals surface area contributed by atoms with E-state index in [1.807, 2.05) is 0 Å². The molecule has 5 heteroatoms. The maximum Gasteiger partial charge on any atom is 0.419 e. The van der Waals surface area contributed by atoms with Crippen LogP contribution in [0.2, 0.25) is 0 Å². The van der Waals surface area contributed by atoms with Crippen LogP contribution in [0.4, 0.5) is 13.2 Å². The fourth-order valence-electron chi connectivity index (χ4n) is 2.39. The predicted octanol–water partition coefficient (Wildman–Crippen LogP) is 3.88. The summed E-state index contributed by atoms with van der Waals surface area (Å²) in [5.41, 5.74) is 5.13. The van der Waals surface area contributed by atoms with Crippen molar-refractivity contribution in [1.82, 2.24) is 0 Å². The van der Waals surface area contributed by atoms with Gasteiger partial charge in [-0.05, 0) is 43.4 Å². The van der Waals surface area contributed by atoms with Crippen LogP contribution in [0.1, 0.15) is 43.2 Å². The Bertz CT molecular complexity index is 425. The number of hydrogen-bond donors (Lipinski definition) is 1. The molecule has 1 aliphatic carbocycles. The van der Waals surface area contributed by atoms with Crippen LogP contribution in [0.25, 0.3) is 0 Å². The molecule has 0 aromatic heterocycles. The first-order valence-electron chi connectivity index (χ1n) is 6.57. The molecular formula is C14H18F3NO. The van der Waals surface area contributed by atoms with E-state index >= 15 is 0 Å². The van der Waals surface area contributed by atoms with Crippen LogP contribution in [0.15, 0.2) is 18.2 Å². The molecule has 0 aliphatic heterocycles. The quantitative estimate of drug-likeness (QED) is 0.907. The first kappa shape index (κ1) is 14.2. The first-order chi connectivity index (χ1) is 9.00. The molecule has 0 amide bonds. The SMILES string of the molecule is NCc1ccc(OC2CCCCC2)c(C(F)(F)F)c1. The Morgan fingerprint density at radius 3 is 2.42 bits per heavy atom. The third-order valence-corrected chi connectivity index (χ3v) is 3.43. The molecule has 19 heavy (non-hydrogen) atoms. The molecule has 2 nitrogen and oxygen atoms in total. The van der Waals surface area contributed by atoms with Gasteiger partial charge in [-0.25, -0.2) is 0 Å². The Balaban J connectivity index is 2.23. The van der Waals surface area contributed by atoms with Crippen molar-refractivity contribution in [3.63, 3.8) is 0 Å². The lowest BCUT2D eigenvalue weighted by molar-refractivity contribution is -0.139. The van der Waals surface area contributed by atoms with Crippen molar-refractivity contribution < 1.29 is 17.9 Å². The lowest BCUT2D eigenvalue weighted by Crippen LogP contribution is -2.21. The third-order valence-electron chi connectivity index (χ3n) is 3.43. The van der Waals surface area contributed by atoms with E-state index in [9.17, 15) is 13.2 Å². The van der Waals surface area contributed by atoms with Gasteiger partial charge < -0.3 is 10.5 Å². The fourth-order valence-corrected chi connectivity index (χ4v) is 2.39. The molecule has 0 heterocycles. The first-order valence-corrected chi connectivity index (χ1v) is 6.57.